The van der Waals surface area contributed by atoms with Gasteiger partial charge < -0.3 is 10.6 Å². The average Bonchev–Trinajstić information content (AvgIpc) is 3.55. The number of carbonyl (C=O) groups is 2. The molecule has 30 heavy (non-hydrogen) atoms. The van der Waals surface area contributed by atoms with Crippen LogP contribution >= 0.6 is 11.8 Å². The lowest BCUT2D eigenvalue weighted by Crippen LogP contribution is -2.34. The first-order valence-corrected chi connectivity index (χ1v) is 10.8. The molecule has 1 fully saturated rings. The number of amides is 2. The summed E-state index contributed by atoms with van der Waals surface area (Å²) in [6, 6.07) is 12.6. The molecule has 0 bridgehead atoms. The Kier molecular flexibility index (Phi) is 6.77. The molecule has 0 aliphatic heterocycles. The molecule has 8 heteroatoms. The summed E-state index contributed by atoms with van der Waals surface area (Å²) < 4.78 is 0. The van der Waals surface area contributed by atoms with Gasteiger partial charge in [0.25, 0.3) is 5.69 Å². The van der Waals surface area contributed by atoms with Gasteiger partial charge in [-0.1, -0.05) is 38.1 Å². The maximum absolute atomic E-state index is 12.9. The second-order valence-corrected chi connectivity index (χ2v) is 8.76. The van der Waals surface area contributed by atoms with Gasteiger partial charge in [0, 0.05) is 24.2 Å². The van der Waals surface area contributed by atoms with Crippen LogP contribution in [0.1, 0.15) is 54.1 Å². The molecule has 0 saturated heterocycles. The van der Waals surface area contributed by atoms with Gasteiger partial charge in [0.15, 0.2) is 0 Å². The number of nitro benzene ring substituents is 1. The average molecular weight is 428 g/mol. The number of primary amides is 1. The number of hydrogen-bond acceptors (Lipinski definition) is 5. The number of nitrogens with zero attached hydrogens (tertiary/aromatic N) is 2. The molecule has 2 aromatic rings. The van der Waals surface area contributed by atoms with E-state index < -0.39 is 10.8 Å². The Bertz CT molecular complexity index is 955. The lowest BCUT2D eigenvalue weighted by Gasteiger charge is -2.23. The van der Waals surface area contributed by atoms with Crippen molar-refractivity contribution >= 4 is 29.3 Å². The first-order valence-electron chi connectivity index (χ1n) is 9.85. The van der Waals surface area contributed by atoms with Crippen molar-refractivity contribution in [2.24, 2.45) is 5.73 Å². The Labute approximate surface area is 179 Å². The zero-order valence-electron chi connectivity index (χ0n) is 17.0. The van der Waals surface area contributed by atoms with Crippen LogP contribution in [0.4, 0.5) is 5.69 Å². The van der Waals surface area contributed by atoms with E-state index in [1.807, 2.05) is 4.90 Å². The number of carbonyl (C=O) groups excluding carboxylic acids is 2. The predicted octanol–water partition coefficient (Wildman–Crippen LogP) is 4.10. The maximum Gasteiger partial charge on any atom is 0.283 e. The molecule has 7 nitrogen and oxygen atoms in total. The van der Waals surface area contributed by atoms with Crippen molar-refractivity contribution in [3.63, 3.8) is 0 Å². The maximum atomic E-state index is 12.9. The van der Waals surface area contributed by atoms with Crippen LogP contribution in [0.25, 0.3) is 0 Å². The van der Waals surface area contributed by atoms with E-state index in [2.05, 4.69) is 38.1 Å². The van der Waals surface area contributed by atoms with E-state index in [1.165, 1.54) is 17.7 Å². The Morgan fingerprint density at radius 1 is 1.20 bits per heavy atom. The van der Waals surface area contributed by atoms with Gasteiger partial charge in [0.1, 0.15) is 0 Å². The number of rotatable bonds is 9. The van der Waals surface area contributed by atoms with Crippen molar-refractivity contribution in [3.05, 3.63) is 69.3 Å². The Morgan fingerprint density at radius 3 is 2.40 bits per heavy atom. The highest BCUT2D eigenvalue weighted by molar-refractivity contribution is 8.00. The molecule has 0 spiro atoms. The first-order chi connectivity index (χ1) is 14.3. The van der Waals surface area contributed by atoms with Crippen LogP contribution in [0.5, 0.6) is 0 Å². The van der Waals surface area contributed by atoms with Crippen molar-refractivity contribution in [1.29, 1.82) is 0 Å². The van der Waals surface area contributed by atoms with Crippen LogP contribution in [0.2, 0.25) is 0 Å². The summed E-state index contributed by atoms with van der Waals surface area (Å²) in [7, 11) is 0. The van der Waals surface area contributed by atoms with Crippen LogP contribution < -0.4 is 5.73 Å². The summed E-state index contributed by atoms with van der Waals surface area (Å²) >= 11 is 1.11. The van der Waals surface area contributed by atoms with Crippen LogP contribution in [0.3, 0.4) is 0 Å². The predicted molar refractivity (Wildman–Crippen MR) is 116 cm³/mol. The van der Waals surface area contributed by atoms with Crippen molar-refractivity contribution in [3.8, 4) is 0 Å². The molecule has 1 aliphatic rings. The summed E-state index contributed by atoms with van der Waals surface area (Å²) in [5.74, 6) is -0.233. The van der Waals surface area contributed by atoms with Crippen molar-refractivity contribution in [2.45, 2.75) is 50.1 Å². The third-order valence-electron chi connectivity index (χ3n) is 5.10. The Morgan fingerprint density at radius 2 is 1.87 bits per heavy atom. The minimum Gasteiger partial charge on any atom is -0.366 e. The Balaban J connectivity index is 1.69. The Hall–Kier alpha value is -2.87. The SMILES string of the molecule is CC(C)c1ccc(CN(C(=O)CSc2ccc(C(N)=O)cc2[N+](=O)[O-])C2CC2)cc1. The first kappa shape index (κ1) is 21.8. The van der Waals surface area contributed by atoms with Crippen LogP contribution in [0, 0.1) is 10.1 Å². The summed E-state index contributed by atoms with van der Waals surface area (Å²) in [6.07, 6.45) is 1.96. The van der Waals surface area contributed by atoms with Gasteiger partial charge in [-0.3, -0.25) is 19.7 Å². The molecule has 0 heterocycles. The van der Waals surface area contributed by atoms with Gasteiger partial charge in [-0.25, -0.2) is 0 Å². The third kappa shape index (κ3) is 5.38. The largest absolute Gasteiger partial charge is 0.366 e. The second kappa shape index (κ2) is 9.30. The molecular formula is C22H25N3O4S. The zero-order chi connectivity index (χ0) is 21.8. The van der Waals surface area contributed by atoms with Gasteiger partial charge in [0.05, 0.1) is 15.6 Å². The number of nitrogens with two attached hydrogens (primary N) is 1. The number of thioether (sulfide) groups is 1. The fraction of sp³-hybridized carbons (Fsp3) is 0.364. The van der Waals surface area contributed by atoms with E-state index in [0.29, 0.717) is 17.4 Å². The van der Waals surface area contributed by atoms with Gasteiger partial charge >= 0.3 is 0 Å². The lowest BCUT2D eigenvalue weighted by molar-refractivity contribution is -0.387. The van der Waals surface area contributed by atoms with Crippen molar-refractivity contribution < 1.29 is 14.5 Å². The molecule has 2 aromatic carbocycles. The molecule has 0 aromatic heterocycles. The molecule has 1 aliphatic carbocycles. The summed E-state index contributed by atoms with van der Waals surface area (Å²) in [5.41, 5.74) is 7.39. The van der Waals surface area contributed by atoms with Crippen molar-refractivity contribution in [1.82, 2.24) is 4.90 Å². The van der Waals surface area contributed by atoms with E-state index in [1.54, 1.807) is 0 Å². The van der Waals surface area contributed by atoms with Gasteiger partial charge in [-0.2, -0.15) is 0 Å². The van der Waals surface area contributed by atoms with Gasteiger partial charge in [-0.05, 0) is 42.0 Å². The quantitative estimate of drug-likeness (QED) is 0.368. The summed E-state index contributed by atoms with van der Waals surface area (Å²) in [6.45, 7) is 4.81. The minimum atomic E-state index is -0.728. The monoisotopic (exact) mass is 427 g/mol. The highest BCUT2D eigenvalue weighted by Crippen LogP contribution is 2.33. The summed E-state index contributed by atoms with van der Waals surface area (Å²) in [5, 5.41) is 11.4. The fourth-order valence-electron chi connectivity index (χ4n) is 3.17. The van der Waals surface area contributed by atoms with E-state index >= 15 is 0 Å². The van der Waals surface area contributed by atoms with E-state index in [9.17, 15) is 19.7 Å². The van der Waals surface area contributed by atoms with Gasteiger partial charge in [-0.15, -0.1) is 11.8 Å². The lowest BCUT2D eigenvalue weighted by atomic mass is 10.0. The van der Waals surface area contributed by atoms with Gasteiger partial charge in [0.2, 0.25) is 11.8 Å². The molecule has 2 amide bonds. The molecule has 0 atom stereocenters. The molecule has 158 valence electrons. The van der Waals surface area contributed by atoms with E-state index in [4.69, 9.17) is 5.73 Å². The molecular weight excluding hydrogens is 402 g/mol. The number of nitro groups is 1. The topological polar surface area (TPSA) is 107 Å². The zero-order valence-corrected chi connectivity index (χ0v) is 17.9. The van der Waals surface area contributed by atoms with Crippen LogP contribution in [-0.4, -0.2) is 33.4 Å². The summed E-state index contributed by atoms with van der Waals surface area (Å²) in [4.78, 5) is 37.2. The smallest absolute Gasteiger partial charge is 0.283 e. The second-order valence-electron chi connectivity index (χ2n) is 7.74. The molecule has 0 radical (unpaired) electrons. The van der Waals surface area contributed by atoms with E-state index in [0.717, 1.165) is 36.2 Å². The van der Waals surface area contributed by atoms with E-state index in [-0.39, 0.29) is 29.0 Å². The number of hydrogen-bond donors (Lipinski definition) is 1. The normalized spacial score (nSPS) is 13.3. The highest BCUT2D eigenvalue weighted by Gasteiger charge is 2.32. The third-order valence-corrected chi connectivity index (χ3v) is 6.15. The highest BCUT2D eigenvalue weighted by atomic mass is 32.2. The van der Waals surface area contributed by atoms with Crippen LogP contribution in [-0.2, 0) is 11.3 Å². The van der Waals surface area contributed by atoms with Crippen LogP contribution in [0.15, 0.2) is 47.4 Å². The van der Waals surface area contributed by atoms with Crippen molar-refractivity contribution in [2.75, 3.05) is 5.75 Å². The standard InChI is InChI=1S/C22H25N3O4S/c1-14(2)16-5-3-15(4-6-16)12-24(18-8-9-18)21(26)13-30-20-10-7-17(22(23)27)11-19(20)25(28)29/h3-7,10-11,14,18H,8-9,12-13H2,1-2H3,(H2,23,27). The number of benzene rings is 2. The molecule has 0 unspecified atom stereocenters. The molecule has 3 rings (SSSR count). The molecule has 2 N–H and O–H groups in total. The fourth-order valence-corrected chi connectivity index (χ4v) is 4.06. The molecule has 1 saturated carbocycles. The minimum absolute atomic E-state index is 0.0521.